The maximum Gasteiger partial charge on any atom is 0.0405 e. The van der Waals surface area contributed by atoms with Gasteiger partial charge in [0.15, 0.2) is 0 Å². The average Bonchev–Trinajstić information content (AvgIpc) is 2.53. The van der Waals surface area contributed by atoms with Crippen LogP contribution in [0.15, 0.2) is 36.4 Å². The molecule has 0 spiro atoms. The van der Waals surface area contributed by atoms with Gasteiger partial charge in [-0.1, -0.05) is 64.1 Å². The van der Waals surface area contributed by atoms with Crippen LogP contribution in [-0.2, 0) is 0 Å². The van der Waals surface area contributed by atoms with E-state index in [1.54, 1.807) is 0 Å². The van der Waals surface area contributed by atoms with Crippen molar-refractivity contribution in [1.29, 1.82) is 0 Å². The Bertz CT molecular complexity index is 612. The van der Waals surface area contributed by atoms with Gasteiger partial charge in [0.1, 0.15) is 0 Å². The van der Waals surface area contributed by atoms with Crippen LogP contribution in [0, 0.1) is 13.8 Å². The zero-order valence-corrected chi connectivity index (χ0v) is 16.0. The summed E-state index contributed by atoms with van der Waals surface area (Å²) in [4.78, 5) is 0. The van der Waals surface area contributed by atoms with Crippen molar-refractivity contribution in [3.05, 3.63) is 58.7 Å². The number of rotatable bonds is 7. The van der Waals surface area contributed by atoms with Gasteiger partial charge >= 0.3 is 0 Å². The van der Waals surface area contributed by atoms with Gasteiger partial charge in [0.05, 0.1) is 0 Å². The van der Waals surface area contributed by atoms with E-state index in [-0.39, 0.29) is 0 Å². The highest BCUT2D eigenvalue weighted by molar-refractivity contribution is 5.60. The molecule has 0 aliphatic carbocycles. The third-order valence-electron chi connectivity index (χ3n) is 4.58. The molecular formula is C22H32N2. The largest absolute Gasteiger partial charge is 0.383 e. The maximum atomic E-state index is 3.64. The number of anilines is 2. The number of nitrogens with one attached hydrogen (secondary N) is 2. The zero-order valence-electron chi connectivity index (χ0n) is 16.0. The fraction of sp³-hybridized carbons (Fsp3) is 0.455. The van der Waals surface area contributed by atoms with Crippen LogP contribution in [0.3, 0.4) is 0 Å². The molecule has 2 heteroatoms. The Morgan fingerprint density at radius 1 is 0.667 bits per heavy atom. The van der Waals surface area contributed by atoms with E-state index in [9.17, 15) is 0 Å². The van der Waals surface area contributed by atoms with Crippen molar-refractivity contribution >= 4 is 11.4 Å². The molecule has 0 bridgehead atoms. The van der Waals surface area contributed by atoms with Crippen LogP contribution in [-0.4, -0.2) is 13.1 Å². The summed E-state index contributed by atoms with van der Waals surface area (Å²) in [5.41, 5.74) is 8.02. The molecule has 0 fully saturated rings. The molecule has 24 heavy (non-hydrogen) atoms. The minimum Gasteiger partial charge on any atom is -0.383 e. The molecule has 0 saturated heterocycles. The summed E-state index contributed by atoms with van der Waals surface area (Å²) < 4.78 is 0. The highest BCUT2D eigenvalue weighted by Gasteiger charge is 2.10. The number of hydrogen-bond acceptors (Lipinski definition) is 2. The van der Waals surface area contributed by atoms with Gasteiger partial charge in [-0.2, -0.15) is 0 Å². The van der Waals surface area contributed by atoms with E-state index in [0.29, 0.717) is 11.8 Å². The van der Waals surface area contributed by atoms with Crippen molar-refractivity contribution in [3.63, 3.8) is 0 Å². The topological polar surface area (TPSA) is 24.1 Å². The van der Waals surface area contributed by atoms with Crippen LogP contribution < -0.4 is 10.6 Å². The Kier molecular flexibility index (Phi) is 6.30. The van der Waals surface area contributed by atoms with E-state index in [0.717, 1.165) is 13.1 Å². The Morgan fingerprint density at radius 2 is 1.04 bits per heavy atom. The summed E-state index contributed by atoms with van der Waals surface area (Å²) in [5.74, 6) is 1.06. The number of benzene rings is 2. The molecule has 0 heterocycles. The maximum absolute atomic E-state index is 3.64. The second-order valence-corrected chi connectivity index (χ2v) is 7.24. The van der Waals surface area contributed by atoms with Crippen LogP contribution in [0.5, 0.6) is 0 Å². The molecule has 2 nitrogen and oxygen atoms in total. The second kappa shape index (κ2) is 8.23. The first-order chi connectivity index (χ1) is 11.4. The van der Waals surface area contributed by atoms with Crippen LogP contribution in [0.2, 0.25) is 0 Å². The SMILES string of the molecule is Cc1cccc(C(C)C)c1NCCNc1c(C)cccc1C(C)C. The normalized spacial score (nSPS) is 11.2. The molecule has 130 valence electrons. The molecule has 0 saturated carbocycles. The minimum absolute atomic E-state index is 0.532. The second-order valence-electron chi connectivity index (χ2n) is 7.24. The fourth-order valence-corrected chi connectivity index (χ4v) is 3.20. The molecule has 0 aromatic heterocycles. The highest BCUT2D eigenvalue weighted by atomic mass is 15.0. The Labute approximate surface area is 147 Å². The molecule has 0 radical (unpaired) electrons. The van der Waals surface area contributed by atoms with Crippen molar-refractivity contribution in [3.8, 4) is 0 Å². The van der Waals surface area contributed by atoms with Crippen molar-refractivity contribution in [2.24, 2.45) is 0 Å². The molecule has 0 atom stereocenters. The first-order valence-corrected chi connectivity index (χ1v) is 9.08. The third kappa shape index (κ3) is 4.31. The third-order valence-corrected chi connectivity index (χ3v) is 4.58. The van der Waals surface area contributed by atoms with Gasteiger partial charge in [0.25, 0.3) is 0 Å². The van der Waals surface area contributed by atoms with Gasteiger partial charge in [-0.15, -0.1) is 0 Å². The lowest BCUT2D eigenvalue weighted by Gasteiger charge is -2.20. The van der Waals surface area contributed by atoms with E-state index >= 15 is 0 Å². The summed E-state index contributed by atoms with van der Waals surface area (Å²) in [6, 6.07) is 13.1. The molecule has 2 N–H and O–H groups in total. The predicted octanol–water partition coefficient (Wildman–Crippen LogP) is 6.07. The summed E-state index contributed by atoms with van der Waals surface area (Å²) in [6.45, 7) is 15.2. The van der Waals surface area contributed by atoms with Crippen LogP contribution >= 0.6 is 0 Å². The lowest BCUT2D eigenvalue weighted by atomic mass is 9.98. The molecule has 2 rings (SSSR count). The minimum atomic E-state index is 0.532. The highest BCUT2D eigenvalue weighted by Crippen LogP contribution is 2.28. The van der Waals surface area contributed by atoms with Crippen molar-refractivity contribution in [2.45, 2.75) is 53.4 Å². The molecule has 0 aliphatic heterocycles. The van der Waals surface area contributed by atoms with Gasteiger partial charge in [-0.3, -0.25) is 0 Å². The molecular weight excluding hydrogens is 292 g/mol. The van der Waals surface area contributed by atoms with Gasteiger partial charge in [0, 0.05) is 24.5 Å². The summed E-state index contributed by atoms with van der Waals surface area (Å²) in [6.07, 6.45) is 0. The van der Waals surface area contributed by atoms with E-state index in [2.05, 4.69) is 88.6 Å². The molecule has 0 aliphatic rings. The van der Waals surface area contributed by atoms with Crippen molar-refractivity contribution in [1.82, 2.24) is 0 Å². The van der Waals surface area contributed by atoms with E-state index < -0.39 is 0 Å². The molecule has 0 unspecified atom stereocenters. The zero-order chi connectivity index (χ0) is 17.7. The monoisotopic (exact) mass is 324 g/mol. The molecule has 2 aromatic rings. The number of hydrogen-bond donors (Lipinski definition) is 2. The Balaban J connectivity index is 2.02. The van der Waals surface area contributed by atoms with Crippen LogP contribution in [0.25, 0.3) is 0 Å². The quantitative estimate of drug-likeness (QED) is 0.604. The van der Waals surface area contributed by atoms with Crippen LogP contribution in [0.1, 0.15) is 61.8 Å². The van der Waals surface area contributed by atoms with E-state index in [1.807, 2.05) is 0 Å². The predicted molar refractivity (Wildman–Crippen MR) is 108 cm³/mol. The lowest BCUT2D eigenvalue weighted by molar-refractivity contribution is 0.859. The Hall–Kier alpha value is -1.96. The average molecular weight is 325 g/mol. The van der Waals surface area contributed by atoms with E-state index in [4.69, 9.17) is 0 Å². The van der Waals surface area contributed by atoms with Crippen LogP contribution in [0.4, 0.5) is 11.4 Å². The smallest absolute Gasteiger partial charge is 0.0405 e. The number of aryl methyl sites for hydroxylation is 2. The summed E-state index contributed by atoms with van der Waals surface area (Å²) >= 11 is 0. The van der Waals surface area contributed by atoms with Gasteiger partial charge < -0.3 is 10.6 Å². The van der Waals surface area contributed by atoms with Gasteiger partial charge in [-0.25, -0.2) is 0 Å². The van der Waals surface area contributed by atoms with E-state index in [1.165, 1.54) is 33.6 Å². The fourth-order valence-electron chi connectivity index (χ4n) is 3.20. The standard InChI is InChI=1S/C22H32N2/c1-15(2)19-11-7-9-17(5)21(19)23-13-14-24-22-18(6)10-8-12-20(22)16(3)4/h7-12,15-16,23-24H,13-14H2,1-6H3. The van der Waals surface area contributed by atoms with Crippen molar-refractivity contribution in [2.75, 3.05) is 23.7 Å². The van der Waals surface area contributed by atoms with Crippen molar-refractivity contribution < 1.29 is 0 Å². The Morgan fingerprint density at radius 3 is 1.38 bits per heavy atom. The number of para-hydroxylation sites is 2. The lowest BCUT2D eigenvalue weighted by Crippen LogP contribution is -2.17. The first kappa shape index (κ1) is 18.4. The molecule has 0 amide bonds. The summed E-state index contributed by atoms with van der Waals surface area (Å²) in [7, 11) is 0. The first-order valence-electron chi connectivity index (χ1n) is 9.08. The van der Waals surface area contributed by atoms with Gasteiger partial charge in [-0.05, 0) is 47.9 Å². The van der Waals surface area contributed by atoms with Gasteiger partial charge in [0.2, 0.25) is 0 Å². The molecule has 2 aromatic carbocycles. The summed E-state index contributed by atoms with van der Waals surface area (Å²) in [5, 5.41) is 7.28.